The van der Waals surface area contributed by atoms with E-state index in [2.05, 4.69) is 15.9 Å². The molecule has 3 rings (SSSR count). The molecular formula is C20H19BrN2O5. The average molecular weight is 447 g/mol. The fourth-order valence-electron chi connectivity index (χ4n) is 2.81. The summed E-state index contributed by atoms with van der Waals surface area (Å²) in [7, 11) is 4.59. The number of carbonyl (C=O) groups excluding carboxylic acids is 1. The van der Waals surface area contributed by atoms with Gasteiger partial charge in [-0.1, -0.05) is 18.2 Å². The number of methoxy groups -OCH3 is 2. The highest BCUT2D eigenvalue weighted by Gasteiger charge is 2.18. The molecule has 3 aromatic rings. The number of halogens is 1. The van der Waals surface area contributed by atoms with Gasteiger partial charge in [0, 0.05) is 7.05 Å². The standard InChI is InChI=1S/C20H19BrN2O5/c1-22-15(18(21)19(24)23(22)14-7-5-4-6-8-14)12-28-16-10-9-13(20(25)27-3)11-17(16)26-2/h4-11H,12H2,1-3H3. The Balaban J connectivity index is 1.90. The highest BCUT2D eigenvalue weighted by Crippen LogP contribution is 2.29. The summed E-state index contributed by atoms with van der Waals surface area (Å²) in [4.78, 5) is 24.3. The molecule has 0 amide bonds. The molecular weight excluding hydrogens is 428 g/mol. The minimum absolute atomic E-state index is 0.125. The molecule has 28 heavy (non-hydrogen) atoms. The van der Waals surface area contributed by atoms with Crippen LogP contribution in [-0.2, 0) is 18.4 Å². The first-order valence-corrected chi connectivity index (χ1v) is 9.18. The largest absolute Gasteiger partial charge is 0.493 e. The van der Waals surface area contributed by atoms with Gasteiger partial charge in [0.05, 0.1) is 31.2 Å². The Hall–Kier alpha value is -3.00. The first-order chi connectivity index (χ1) is 13.5. The number of rotatable bonds is 6. The number of para-hydroxylation sites is 1. The van der Waals surface area contributed by atoms with Gasteiger partial charge in [0.15, 0.2) is 11.5 Å². The number of hydrogen-bond donors (Lipinski definition) is 0. The maximum atomic E-state index is 12.7. The lowest BCUT2D eigenvalue weighted by Crippen LogP contribution is -2.19. The van der Waals surface area contributed by atoms with Gasteiger partial charge in [-0.15, -0.1) is 0 Å². The predicted molar refractivity (Wildman–Crippen MR) is 107 cm³/mol. The summed E-state index contributed by atoms with van der Waals surface area (Å²) in [6.07, 6.45) is 0. The van der Waals surface area contributed by atoms with Crippen LogP contribution in [0, 0.1) is 0 Å². The first kappa shape index (κ1) is 19.8. The molecule has 0 aliphatic heterocycles. The normalized spacial score (nSPS) is 10.6. The van der Waals surface area contributed by atoms with Crippen molar-refractivity contribution >= 4 is 21.9 Å². The van der Waals surface area contributed by atoms with E-state index in [1.165, 1.54) is 14.2 Å². The Morgan fingerprint density at radius 3 is 2.43 bits per heavy atom. The quantitative estimate of drug-likeness (QED) is 0.543. The fourth-order valence-corrected chi connectivity index (χ4v) is 3.35. The summed E-state index contributed by atoms with van der Waals surface area (Å²) >= 11 is 3.37. The summed E-state index contributed by atoms with van der Waals surface area (Å²) < 4.78 is 19.6. The molecule has 1 aromatic heterocycles. The summed E-state index contributed by atoms with van der Waals surface area (Å²) in [6.45, 7) is 0.125. The molecule has 0 aliphatic rings. The van der Waals surface area contributed by atoms with Crippen LogP contribution in [0.25, 0.3) is 5.69 Å². The molecule has 0 bridgehead atoms. The second-order valence-electron chi connectivity index (χ2n) is 5.88. The van der Waals surface area contributed by atoms with Gasteiger partial charge in [-0.05, 0) is 46.3 Å². The molecule has 7 nitrogen and oxygen atoms in total. The van der Waals surface area contributed by atoms with Crippen molar-refractivity contribution in [2.45, 2.75) is 6.61 Å². The minimum Gasteiger partial charge on any atom is -0.493 e. The predicted octanol–water partition coefficient (Wildman–Crippen LogP) is 3.31. The van der Waals surface area contributed by atoms with Gasteiger partial charge in [-0.25, -0.2) is 9.48 Å². The molecule has 0 aliphatic carbocycles. The van der Waals surface area contributed by atoms with Crippen LogP contribution >= 0.6 is 15.9 Å². The van der Waals surface area contributed by atoms with Gasteiger partial charge in [-0.2, -0.15) is 0 Å². The summed E-state index contributed by atoms with van der Waals surface area (Å²) in [5, 5.41) is 0. The lowest BCUT2D eigenvalue weighted by molar-refractivity contribution is 0.0600. The number of benzene rings is 2. The van der Waals surface area contributed by atoms with E-state index in [1.807, 2.05) is 30.3 Å². The average Bonchev–Trinajstić information content (AvgIpc) is 2.94. The number of aromatic nitrogens is 2. The van der Waals surface area contributed by atoms with Crippen molar-refractivity contribution in [3.63, 3.8) is 0 Å². The van der Waals surface area contributed by atoms with Gasteiger partial charge in [0.25, 0.3) is 5.56 Å². The smallest absolute Gasteiger partial charge is 0.337 e. The Morgan fingerprint density at radius 1 is 1.07 bits per heavy atom. The van der Waals surface area contributed by atoms with Crippen LogP contribution in [0.1, 0.15) is 16.1 Å². The van der Waals surface area contributed by atoms with Crippen molar-refractivity contribution in [2.24, 2.45) is 7.05 Å². The SMILES string of the molecule is COC(=O)c1ccc(OCc2c(Br)c(=O)n(-c3ccccc3)n2C)c(OC)c1. The minimum atomic E-state index is -0.463. The molecule has 0 radical (unpaired) electrons. The third-order valence-corrected chi connectivity index (χ3v) is 5.07. The molecule has 8 heteroatoms. The van der Waals surface area contributed by atoms with E-state index in [0.29, 0.717) is 27.2 Å². The Morgan fingerprint density at radius 2 is 1.79 bits per heavy atom. The molecule has 0 saturated heterocycles. The van der Waals surface area contributed by atoms with Gasteiger partial charge in [0.2, 0.25) is 0 Å². The number of nitrogens with zero attached hydrogens (tertiary/aromatic N) is 2. The van der Waals surface area contributed by atoms with Gasteiger partial charge in [-0.3, -0.25) is 9.48 Å². The summed E-state index contributed by atoms with van der Waals surface area (Å²) in [6, 6.07) is 14.1. The van der Waals surface area contributed by atoms with Crippen LogP contribution in [-0.4, -0.2) is 29.6 Å². The topological polar surface area (TPSA) is 71.7 Å². The number of esters is 1. The Kier molecular flexibility index (Phi) is 5.89. The van der Waals surface area contributed by atoms with E-state index in [-0.39, 0.29) is 12.2 Å². The molecule has 0 atom stereocenters. The molecule has 0 fully saturated rings. The van der Waals surface area contributed by atoms with Crippen molar-refractivity contribution in [1.82, 2.24) is 9.36 Å². The molecule has 1 heterocycles. The second-order valence-corrected chi connectivity index (χ2v) is 6.68. The van der Waals surface area contributed by atoms with Gasteiger partial charge >= 0.3 is 5.97 Å². The summed E-state index contributed by atoms with van der Waals surface area (Å²) in [5.41, 5.74) is 1.59. The molecule has 2 aromatic carbocycles. The molecule has 0 N–H and O–H groups in total. The van der Waals surface area contributed by atoms with E-state index in [0.717, 1.165) is 5.69 Å². The highest BCUT2D eigenvalue weighted by molar-refractivity contribution is 9.10. The van der Waals surface area contributed by atoms with Crippen molar-refractivity contribution in [3.8, 4) is 17.2 Å². The Labute approximate surface area is 170 Å². The van der Waals surface area contributed by atoms with Crippen LogP contribution in [0.15, 0.2) is 57.8 Å². The first-order valence-electron chi connectivity index (χ1n) is 8.39. The number of ether oxygens (including phenoxy) is 3. The third-order valence-electron chi connectivity index (χ3n) is 4.27. The molecule has 0 spiro atoms. The number of hydrogen-bond acceptors (Lipinski definition) is 5. The number of carbonyl (C=O) groups is 1. The van der Waals surface area contributed by atoms with Crippen molar-refractivity contribution < 1.29 is 19.0 Å². The van der Waals surface area contributed by atoms with Crippen LogP contribution in [0.2, 0.25) is 0 Å². The van der Waals surface area contributed by atoms with Crippen molar-refractivity contribution in [1.29, 1.82) is 0 Å². The molecule has 0 unspecified atom stereocenters. The van der Waals surface area contributed by atoms with Crippen LogP contribution in [0.3, 0.4) is 0 Å². The lowest BCUT2D eigenvalue weighted by Gasteiger charge is -2.13. The summed E-state index contributed by atoms with van der Waals surface area (Å²) in [5.74, 6) is 0.378. The zero-order valence-electron chi connectivity index (χ0n) is 15.6. The Bertz CT molecular complexity index is 1060. The van der Waals surface area contributed by atoms with E-state index in [1.54, 1.807) is 34.6 Å². The van der Waals surface area contributed by atoms with E-state index >= 15 is 0 Å². The molecule has 0 saturated carbocycles. The fraction of sp³-hybridized carbons (Fsp3) is 0.200. The van der Waals surface area contributed by atoms with Gasteiger partial charge in [0.1, 0.15) is 11.1 Å². The van der Waals surface area contributed by atoms with E-state index < -0.39 is 5.97 Å². The monoisotopic (exact) mass is 446 g/mol. The lowest BCUT2D eigenvalue weighted by atomic mass is 10.2. The van der Waals surface area contributed by atoms with Crippen LogP contribution in [0.4, 0.5) is 0 Å². The zero-order valence-corrected chi connectivity index (χ0v) is 17.2. The van der Waals surface area contributed by atoms with E-state index in [9.17, 15) is 9.59 Å². The van der Waals surface area contributed by atoms with Crippen molar-refractivity contribution in [3.05, 3.63) is 74.6 Å². The van der Waals surface area contributed by atoms with Crippen LogP contribution in [0.5, 0.6) is 11.5 Å². The third kappa shape index (κ3) is 3.68. The highest BCUT2D eigenvalue weighted by atomic mass is 79.9. The zero-order chi connectivity index (χ0) is 20.3. The van der Waals surface area contributed by atoms with Crippen molar-refractivity contribution in [2.75, 3.05) is 14.2 Å². The maximum Gasteiger partial charge on any atom is 0.337 e. The second kappa shape index (κ2) is 8.35. The van der Waals surface area contributed by atoms with Gasteiger partial charge < -0.3 is 14.2 Å². The van der Waals surface area contributed by atoms with E-state index in [4.69, 9.17) is 14.2 Å². The maximum absolute atomic E-state index is 12.7. The molecule has 146 valence electrons. The van der Waals surface area contributed by atoms with Crippen LogP contribution < -0.4 is 15.0 Å².